The minimum atomic E-state index is -0.516. The third kappa shape index (κ3) is 4.94. The summed E-state index contributed by atoms with van der Waals surface area (Å²) < 4.78 is 5.36. The Hall–Kier alpha value is -1.39. The van der Waals surface area contributed by atoms with Crippen LogP contribution in [0, 0.1) is 5.92 Å². The summed E-state index contributed by atoms with van der Waals surface area (Å²) in [6.07, 6.45) is 0.882. The van der Waals surface area contributed by atoms with Crippen molar-refractivity contribution in [3.8, 4) is 0 Å². The molecule has 0 bridgehead atoms. The maximum Gasteiger partial charge on any atom is 0.410 e. The van der Waals surface area contributed by atoms with Gasteiger partial charge in [0.05, 0.1) is 6.42 Å². The molecule has 0 aliphatic carbocycles. The number of carbonyl (C=O) groups excluding carboxylic acids is 3. The molecule has 0 aromatic heterocycles. The molecular weight excluding hydrogens is 258 g/mol. The van der Waals surface area contributed by atoms with Crippen molar-refractivity contribution in [1.29, 1.82) is 0 Å². The summed E-state index contributed by atoms with van der Waals surface area (Å²) in [5.41, 5.74) is -0.516. The second kappa shape index (κ2) is 6.37. The van der Waals surface area contributed by atoms with Crippen molar-refractivity contribution >= 4 is 17.7 Å². The van der Waals surface area contributed by atoms with Gasteiger partial charge in [0, 0.05) is 18.5 Å². The summed E-state index contributed by atoms with van der Waals surface area (Å²) >= 11 is 0. The van der Waals surface area contributed by atoms with E-state index in [0.717, 1.165) is 0 Å². The second-order valence-electron chi connectivity index (χ2n) is 6.59. The van der Waals surface area contributed by atoms with Crippen LogP contribution in [0.1, 0.15) is 53.9 Å². The standard InChI is InChI=1S/C15H25NO4/c1-10-8-12(13(18)9-11(2)17)6-7-16(10)14(19)20-15(3,4)5/h10,12H,6-9H2,1-5H3/t10-,12+/m0/s1. The van der Waals surface area contributed by atoms with Gasteiger partial charge < -0.3 is 9.64 Å². The number of hydrogen-bond acceptors (Lipinski definition) is 4. The summed E-state index contributed by atoms with van der Waals surface area (Å²) in [6.45, 7) is 9.34. The number of rotatable bonds is 3. The van der Waals surface area contributed by atoms with E-state index in [-0.39, 0.29) is 36.0 Å². The highest BCUT2D eigenvalue weighted by molar-refractivity contribution is 5.99. The molecule has 0 N–H and O–H groups in total. The van der Waals surface area contributed by atoms with Gasteiger partial charge in [-0.05, 0) is 47.5 Å². The molecule has 2 atom stereocenters. The zero-order valence-electron chi connectivity index (χ0n) is 13.1. The Morgan fingerprint density at radius 3 is 2.30 bits per heavy atom. The van der Waals surface area contributed by atoms with Crippen molar-refractivity contribution in [2.75, 3.05) is 6.54 Å². The summed E-state index contributed by atoms with van der Waals surface area (Å²) in [6, 6.07) is -0.0421. The lowest BCUT2D eigenvalue weighted by atomic mass is 9.86. The molecule has 1 fully saturated rings. The normalized spacial score (nSPS) is 23.4. The largest absolute Gasteiger partial charge is 0.444 e. The van der Waals surface area contributed by atoms with Crippen LogP contribution in [0.5, 0.6) is 0 Å². The number of nitrogens with zero attached hydrogens (tertiary/aromatic N) is 1. The van der Waals surface area contributed by atoms with Gasteiger partial charge in [0.2, 0.25) is 0 Å². The van der Waals surface area contributed by atoms with Crippen LogP contribution in [-0.2, 0) is 14.3 Å². The van der Waals surface area contributed by atoms with Crippen molar-refractivity contribution in [3.05, 3.63) is 0 Å². The fourth-order valence-corrected chi connectivity index (χ4v) is 2.45. The average molecular weight is 283 g/mol. The first-order valence-corrected chi connectivity index (χ1v) is 7.12. The van der Waals surface area contributed by atoms with E-state index in [0.29, 0.717) is 19.4 Å². The summed E-state index contributed by atoms with van der Waals surface area (Å²) in [4.78, 5) is 36.6. The Kier molecular flexibility index (Phi) is 5.31. The highest BCUT2D eigenvalue weighted by Crippen LogP contribution is 2.26. The van der Waals surface area contributed by atoms with Gasteiger partial charge in [0.1, 0.15) is 17.2 Å². The monoisotopic (exact) mass is 283 g/mol. The molecule has 0 unspecified atom stereocenters. The molecule has 0 aromatic rings. The molecule has 1 heterocycles. The van der Waals surface area contributed by atoms with Crippen LogP contribution in [0.2, 0.25) is 0 Å². The Bertz CT molecular complexity index is 397. The lowest BCUT2D eigenvalue weighted by molar-refractivity contribution is -0.129. The Labute approximate surface area is 120 Å². The molecule has 1 aliphatic rings. The number of likely N-dealkylation sites (tertiary alicyclic amines) is 1. The topological polar surface area (TPSA) is 63.7 Å². The van der Waals surface area contributed by atoms with Crippen molar-refractivity contribution < 1.29 is 19.1 Å². The molecule has 0 spiro atoms. The predicted molar refractivity (Wildman–Crippen MR) is 75.4 cm³/mol. The zero-order valence-corrected chi connectivity index (χ0v) is 13.1. The first-order chi connectivity index (χ1) is 9.10. The van der Waals surface area contributed by atoms with Gasteiger partial charge in [-0.15, -0.1) is 0 Å². The molecule has 5 heteroatoms. The number of hydrogen-bond donors (Lipinski definition) is 0. The number of piperidine rings is 1. The second-order valence-corrected chi connectivity index (χ2v) is 6.59. The highest BCUT2D eigenvalue weighted by Gasteiger charge is 2.34. The SMILES string of the molecule is CC(=O)CC(=O)[C@@H]1CCN(C(=O)OC(C)(C)C)[C@@H](C)C1. The highest BCUT2D eigenvalue weighted by atomic mass is 16.6. The van der Waals surface area contributed by atoms with E-state index >= 15 is 0 Å². The Balaban J connectivity index is 2.57. The summed E-state index contributed by atoms with van der Waals surface area (Å²) in [7, 11) is 0. The van der Waals surface area contributed by atoms with E-state index in [9.17, 15) is 14.4 Å². The molecular formula is C15H25NO4. The fraction of sp³-hybridized carbons (Fsp3) is 0.800. The first kappa shape index (κ1) is 16.7. The molecule has 5 nitrogen and oxygen atoms in total. The van der Waals surface area contributed by atoms with Gasteiger partial charge >= 0.3 is 6.09 Å². The van der Waals surface area contributed by atoms with Crippen LogP contribution >= 0.6 is 0 Å². The third-order valence-corrected chi connectivity index (χ3v) is 3.38. The van der Waals surface area contributed by atoms with E-state index in [1.165, 1.54) is 6.92 Å². The summed E-state index contributed by atoms with van der Waals surface area (Å²) in [5, 5.41) is 0. The van der Waals surface area contributed by atoms with Gasteiger partial charge in [-0.2, -0.15) is 0 Å². The van der Waals surface area contributed by atoms with Gasteiger partial charge in [0.15, 0.2) is 0 Å². The number of ether oxygens (including phenoxy) is 1. The van der Waals surface area contributed by atoms with Gasteiger partial charge in [-0.3, -0.25) is 9.59 Å². The molecule has 1 saturated heterocycles. The Morgan fingerprint density at radius 2 is 1.85 bits per heavy atom. The maximum absolute atomic E-state index is 12.0. The number of amides is 1. The van der Waals surface area contributed by atoms with E-state index in [1.807, 2.05) is 27.7 Å². The maximum atomic E-state index is 12.0. The van der Waals surface area contributed by atoms with Crippen molar-refractivity contribution in [3.63, 3.8) is 0 Å². The van der Waals surface area contributed by atoms with Crippen molar-refractivity contribution in [1.82, 2.24) is 4.90 Å². The van der Waals surface area contributed by atoms with E-state index in [1.54, 1.807) is 4.90 Å². The lowest BCUT2D eigenvalue weighted by Gasteiger charge is -2.37. The third-order valence-electron chi connectivity index (χ3n) is 3.38. The minimum Gasteiger partial charge on any atom is -0.444 e. The molecule has 0 radical (unpaired) electrons. The van der Waals surface area contributed by atoms with Crippen LogP contribution in [-0.4, -0.2) is 40.7 Å². The van der Waals surface area contributed by atoms with Crippen LogP contribution in [0.4, 0.5) is 4.79 Å². The van der Waals surface area contributed by atoms with Gasteiger partial charge in [-0.1, -0.05) is 0 Å². The van der Waals surface area contributed by atoms with Gasteiger partial charge in [0.25, 0.3) is 0 Å². The molecule has 0 saturated carbocycles. The molecule has 1 amide bonds. The predicted octanol–water partition coefficient (Wildman–Crippen LogP) is 2.57. The van der Waals surface area contributed by atoms with E-state index < -0.39 is 5.60 Å². The van der Waals surface area contributed by atoms with Crippen LogP contribution in [0.15, 0.2) is 0 Å². The van der Waals surface area contributed by atoms with Crippen LogP contribution in [0.25, 0.3) is 0 Å². The zero-order chi connectivity index (χ0) is 15.5. The number of carbonyl (C=O) groups is 3. The van der Waals surface area contributed by atoms with Crippen molar-refractivity contribution in [2.45, 2.75) is 65.5 Å². The number of ketones is 2. The molecule has 1 aliphatic heterocycles. The molecule has 0 aromatic carbocycles. The van der Waals surface area contributed by atoms with Crippen LogP contribution < -0.4 is 0 Å². The lowest BCUT2D eigenvalue weighted by Crippen LogP contribution is -2.48. The quantitative estimate of drug-likeness (QED) is 0.747. The van der Waals surface area contributed by atoms with E-state index in [2.05, 4.69) is 0 Å². The number of Topliss-reactive ketones (excluding diaryl/α,β-unsaturated/α-hetero) is 2. The summed E-state index contributed by atoms with van der Waals surface area (Å²) in [5.74, 6) is -0.224. The van der Waals surface area contributed by atoms with Crippen LogP contribution in [0.3, 0.4) is 0 Å². The molecule has 114 valence electrons. The molecule has 20 heavy (non-hydrogen) atoms. The minimum absolute atomic E-state index is 0.00379. The fourth-order valence-electron chi connectivity index (χ4n) is 2.45. The van der Waals surface area contributed by atoms with Crippen molar-refractivity contribution in [2.24, 2.45) is 5.92 Å². The van der Waals surface area contributed by atoms with E-state index in [4.69, 9.17) is 4.74 Å². The average Bonchev–Trinajstić information content (AvgIpc) is 2.25. The Morgan fingerprint density at radius 1 is 1.25 bits per heavy atom. The van der Waals surface area contributed by atoms with Gasteiger partial charge in [-0.25, -0.2) is 4.79 Å². The first-order valence-electron chi connectivity index (χ1n) is 7.12. The molecule has 1 rings (SSSR count). The smallest absolute Gasteiger partial charge is 0.410 e.